The number of hydrogen-bond acceptors (Lipinski definition) is 4. The van der Waals surface area contributed by atoms with Crippen LogP contribution >= 0.6 is 46.6 Å². The van der Waals surface area contributed by atoms with Crippen LogP contribution in [0.1, 0.15) is 10.4 Å². The molecular weight excluding hydrogens is 441 g/mol. The Morgan fingerprint density at radius 1 is 0.929 bits per heavy atom. The summed E-state index contributed by atoms with van der Waals surface area (Å²) in [6.45, 7) is 0. The smallest absolute Gasteiger partial charge is 0.306 e. The largest absolute Gasteiger partial charge is 0.326 e. The zero-order valence-electron chi connectivity index (χ0n) is 14.1. The third kappa shape index (κ3) is 5.39. The van der Waals surface area contributed by atoms with E-state index in [1.165, 1.54) is 30.1 Å². The monoisotopic (exact) mass is 451 g/mol. The molecule has 0 unspecified atom stereocenters. The van der Waals surface area contributed by atoms with Gasteiger partial charge >= 0.3 is 6.03 Å². The molecule has 3 rings (SSSR count). The number of anilines is 1. The van der Waals surface area contributed by atoms with Crippen LogP contribution in [0.5, 0.6) is 0 Å². The molecule has 0 aliphatic rings. The van der Waals surface area contributed by atoms with Crippen LogP contribution in [0, 0.1) is 0 Å². The Labute approximate surface area is 180 Å². The number of amides is 3. The zero-order valence-corrected chi connectivity index (χ0v) is 17.2. The zero-order chi connectivity index (χ0) is 20.1. The summed E-state index contributed by atoms with van der Waals surface area (Å²) in [7, 11) is 0. The van der Waals surface area contributed by atoms with Gasteiger partial charge in [0.2, 0.25) is 0 Å². The molecule has 142 valence electrons. The van der Waals surface area contributed by atoms with Crippen LogP contribution in [0.25, 0.3) is 0 Å². The molecule has 2 aromatic carbocycles. The quantitative estimate of drug-likeness (QED) is 0.497. The van der Waals surface area contributed by atoms with Gasteiger partial charge in [0.05, 0.1) is 27.5 Å². The van der Waals surface area contributed by atoms with Crippen LogP contribution in [0.4, 0.5) is 10.5 Å². The number of nitrogens with zero attached hydrogens (tertiary/aromatic N) is 1. The summed E-state index contributed by atoms with van der Waals surface area (Å²) < 4.78 is 0. The van der Waals surface area contributed by atoms with E-state index in [4.69, 9.17) is 34.8 Å². The number of carbonyl (C=O) groups excluding carboxylic acids is 2. The van der Waals surface area contributed by atoms with Crippen LogP contribution in [0.15, 0.2) is 70.7 Å². The van der Waals surface area contributed by atoms with E-state index < -0.39 is 11.9 Å². The van der Waals surface area contributed by atoms with Crippen molar-refractivity contribution >= 4 is 64.2 Å². The summed E-state index contributed by atoms with van der Waals surface area (Å²) in [5, 5.41) is 6.39. The highest BCUT2D eigenvalue weighted by Crippen LogP contribution is 2.28. The van der Waals surface area contributed by atoms with E-state index in [1.54, 1.807) is 24.3 Å². The fraction of sp³-hybridized carbons (Fsp3) is 0. The van der Waals surface area contributed by atoms with E-state index in [9.17, 15) is 9.59 Å². The van der Waals surface area contributed by atoms with Gasteiger partial charge in [-0.15, -0.1) is 0 Å². The van der Waals surface area contributed by atoms with Crippen molar-refractivity contribution in [3.63, 3.8) is 0 Å². The molecule has 9 heteroatoms. The molecule has 0 saturated heterocycles. The van der Waals surface area contributed by atoms with Crippen LogP contribution < -0.4 is 10.6 Å². The number of nitrogens with one attached hydrogen (secondary N) is 2. The van der Waals surface area contributed by atoms with Crippen molar-refractivity contribution in [1.82, 2.24) is 10.3 Å². The van der Waals surface area contributed by atoms with Gasteiger partial charge in [-0.25, -0.2) is 9.78 Å². The number of urea groups is 1. The number of benzene rings is 2. The van der Waals surface area contributed by atoms with Crippen molar-refractivity contribution in [2.45, 2.75) is 9.92 Å². The maximum absolute atomic E-state index is 12.2. The van der Waals surface area contributed by atoms with Gasteiger partial charge in [-0.2, -0.15) is 0 Å². The molecule has 1 heterocycles. The lowest BCUT2D eigenvalue weighted by molar-refractivity contribution is 0.0967. The molecule has 0 fully saturated rings. The molecule has 3 amide bonds. The molecule has 0 bridgehead atoms. The Bertz CT molecular complexity index is 1010. The summed E-state index contributed by atoms with van der Waals surface area (Å²) in [5.74, 6) is -0.700. The second-order valence-electron chi connectivity index (χ2n) is 5.45. The summed E-state index contributed by atoms with van der Waals surface area (Å²) in [6.07, 6.45) is 1.49. The lowest BCUT2D eigenvalue weighted by atomic mass is 10.2. The lowest BCUT2D eigenvalue weighted by Gasteiger charge is -2.09. The minimum atomic E-state index is -0.724. The van der Waals surface area contributed by atoms with Crippen molar-refractivity contribution in [3.8, 4) is 0 Å². The minimum absolute atomic E-state index is 0.0346. The van der Waals surface area contributed by atoms with Gasteiger partial charge in [0.1, 0.15) is 5.03 Å². The van der Waals surface area contributed by atoms with E-state index in [-0.39, 0.29) is 15.6 Å². The van der Waals surface area contributed by atoms with Crippen LogP contribution in [0.3, 0.4) is 0 Å². The number of carbonyl (C=O) groups is 2. The molecule has 2 N–H and O–H groups in total. The molecule has 0 aliphatic carbocycles. The Balaban J connectivity index is 1.60. The minimum Gasteiger partial charge on any atom is -0.306 e. The molecule has 0 saturated carbocycles. The summed E-state index contributed by atoms with van der Waals surface area (Å²) >= 11 is 19.3. The van der Waals surface area contributed by atoms with Gasteiger partial charge in [-0.1, -0.05) is 58.7 Å². The Kier molecular flexibility index (Phi) is 6.80. The number of imide groups is 1. The Hall–Kier alpha value is -2.25. The molecule has 28 heavy (non-hydrogen) atoms. The average Bonchev–Trinajstić information content (AvgIpc) is 2.63. The Morgan fingerprint density at radius 2 is 1.64 bits per heavy atom. The number of halogens is 3. The second-order valence-corrected chi connectivity index (χ2v) is 7.79. The molecular formula is C19H12Cl3N3O2S. The van der Waals surface area contributed by atoms with Gasteiger partial charge in [-0.05, 0) is 42.5 Å². The molecule has 5 nitrogen and oxygen atoms in total. The topological polar surface area (TPSA) is 71.1 Å². The van der Waals surface area contributed by atoms with E-state index in [1.807, 2.05) is 18.2 Å². The van der Waals surface area contributed by atoms with Crippen LogP contribution in [0.2, 0.25) is 15.1 Å². The lowest BCUT2D eigenvalue weighted by Crippen LogP contribution is -2.34. The predicted octanol–water partition coefficient (Wildman–Crippen LogP) is 6.15. The third-order valence-corrected chi connectivity index (χ3v) is 5.23. The van der Waals surface area contributed by atoms with Crippen molar-refractivity contribution < 1.29 is 9.59 Å². The first-order valence-corrected chi connectivity index (χ1v) is 9.83. The fourth-order valence-electron chi connectivity index (χ4n) is 2.21. The van der Waals surface area contributed by atoms with Crippen molar-refractivity contribution in [3.05, 3.63) is 81.4 Å². The van der Waals surface area contributed by atoms with Crippen LogP contribution in [-0.4, -0.2) is 16.9 Å². The highest BCUT2D eigenvalue weighted by atomic mass is 35.5. The molecule has 0 aliphatic heterocycles. The standard InChI is InChI=1S/C19H12Cl3N3O2S/c20-11-3-1-4-13(9-11)28-16-8-7-12(10-23-16)24-19(27)25-18(26)17-14(21)5-2-6-15(17)22/h1-10H,(H2,24,25,26,27). The van der Waals surface area contributed by atoms with E-state index >= 15 is 0 Å². The van der Waals surface area contributed by atoms with E-state index in [0.29, 0.717) is 10.7 Å². The first-order valence-electron chi connectivity index (χ1n) is 7.88. The Morgan fingerprint density at radius 3 is 2.29 bits per heavy atom. The number of rotatable bonds is 4. The highest BCUT2D eigenvalue weighted by molar-refractivity contribution is 7.99. The number of aromatic nitrogens is 1. The van der Waals surface area contributed by atoms with Gasteiger partial charge < -0.3 is 5.32 Å². The first kappa shape index (κ1) is 20.5. The number of pyridine rings is 1. The van der Waals surface area contributed by atoms with Crippen molar-refractivity contribution in [2.24, 2.45) is 0 Å². The van der Waals surface area contributed by atoms with Gasteiger partial charge in [0, 0.05) is 9.92 Å². The first-order chi connectivity index (χ1) is 13.4. The summed E-state index contributed by atoms with van der Waals surface area (Å²) in [6, 6.07) is 14.7. The normalized spacial score (nSPS) is 10.4. The SMILES string of the molecule is O=C(NC(=O)c1c(Cl)cccc1Cl)Nc1ccc(Sc2cccc(Cl)c2)nc1. The highest BCUT2D eigenvalue weighted by Gasteiger charge is 2.17. The molecule has 0 spiro atoms. The summed E-state index contributed by atoms with van der Waals surface area (Å²) in [5.41, 5.74) is 0.457. The third-order valence-electron chi connectivity index (χ3n) is 3.43. The van der Waals surface area contributed by atoms with Crippen molar-refractivity contribution in [2.75, 3.05) is 5.32 Å². The fourth-order valence-corrected chi connectivity index (χ4v) is 3.85. The second kappa shape index (κ2) is 9.30. The van der Waals surface area contributed by atoms with E-state index in [0.717, 1.165) is 9.92 Å². The molecule has 0 radical (unpaired) electrons. The van der Waals surface area contributed by atoms with Gasteiger partial charge in [0.25, 0.3) is 5.91 Å². The summed E-state index contributed by atoms with van der Waals surface area (Å²) in [4.78, 5) is 29.5. The predicted molar refractivity (Wildman–Crippen MR) is 113 cm³/mol. The molecule has 1 aromatic heterocycles. The van der Waals surface area contributed by atoms with Crippen molar-refractivity contribution in [1.29, 1.82) is 0 Å². The molecule has 0 atom stereocenters. The van der Waals surface area contributed by atoms with Gasteiger partial charge in [-0.3, -0.25) is 10.1 Å². The molecule has 3 aromatic rings. The van der Waals surface area contributed by atoms with Crippen LogP contribution in [-0.2, 0) is 0 Å². The number of hydrogen-bond donors (Lipinski definition) is 2. The maximum atomic E-state index is 12.2. The van der Waals surface area contributed by atoms with E-state index in [2.05, 4.69) is 15.6 Å². The van der Waals surface area contributed by atoms with Gasteiger partial charge in [0.15, 0.2) is 0 Å². The average molecular weight is 453 g/mol. The maximum Gasteiger partial charge on any atom is 0.326 e.